The summed E-state index contributed by atoms with van der Waals surface area (Å²) in [5.74, 6) is 0. The highest BCUT2D eigenvalue weighted by Crippen LogP contribution is 2.31. The van der Waals surface area contributed by atoms with Crippen molar-refractivity contribution in [1.29, 1.82) is 0 Å². The average Bonchev–Trinajstić information content (AvgIpc) is 2.98. The van der Waals surface area contributed by atoms with Gasteiger partial charge in [-0.05, 0) is 40.0 Å². The number of nitrogens with zero attached hydrogens (tertiary/aromatic N) is 1. The highest BCUT2D eigenvalue weighted by atomic mass is 16.6. The lowest BCUT2D eigenvalue weighted by Gasteiger charge is -2.33. The van der Waals surface area contributed by atoms with E-state index in [4.69, 9.17) is 10.5 Å². The Hall–Kier alpha value is -0.770. The summed E-state index contributed by atoms with van der Waals surface area (Å²) in [6, 6.07) is 0.479. The molecule has 0 spiro atoms. The highest BCUT2D eigenvalue weighted by Gasteiger charge is 2.38. The van der Waals surface area contributed by atoms with Crippen LogP contribution >= 0.6 is 0 Å². The van der Waals surface area contributed by atoms with E-state index in [0.29, 0.717) is 12.6 Å². The van der Waals surface area contributed by atoms with E-state index in [1.165, 1.54) is 0 Å². The van der Waals surface area contributed by atoms with Crippen LogP contribution in [0.4, 0.5) is 4.79 Å². The number of hydrogen-bond donors (Lipinski definition) is 1. The van der Waals surface area contributed by atoms with Crippen molar-refractivity contribution in [3.05, 3.63) is 0 Å². The first-order valence-electron chi connectivity index (χ1n) is 6.60. The van der Waals surface area contributed by atoms with Crippen molar-refractivity contribution in [3.8, 4) is 0 Å². The molecule has 1 amide bonds. The maximum absolute atomic E-state index is 12.2. The molecule has 0 saturated heterocycles. The first-order chi connectivity index (χ1) is 7.89. The summed E-state index contributed by atoms with van der Waals surface area (Å²) in [5.41, 5.74) is 5.34. The smallest absolute Gasteiger partial charge is 0.410 e. The van der Waals surface area contributed by atoms with E-state index in [2.05, 4.69) is 6.92 Å². The van der Waals surface area contributed by atoms with E-state index in [1.54, 1.807) is 0 Å². The number of carbonyl (C=O) groups excluding carboxylic acids is 1. The van der Waals surface area contributed by atoms with E-state index >= 15 is 0 Å². The van der Waals surface area contributed by atoms with Crippen LogP contribution in [0.1, 0.15) is 53.4 Å². The second kappa shape index (κ2) is 5.71. The van der Waals surface area contributed by atoms with Crippen LogP contribution in [0.3, 0.4) is 0 Å². The van der Waals surface area contributed by atoms with Gasteiger partial charge in [0.25, 0.3) is 0 Å². The van der Waals surface area contributed by atoms with Crippen LogP contribution < -0.4 is 5.73 Å². The van der Waals surface area contributed by atoms with Crippen LogP contribution in [-0.4, -0.2) is 35.2 Å². The van der Waals surface area contributed by atoms with Gasteiger partial charge >= 0.3 is 6.09 Å². The second-order valence-corrected chi connectivity index (χ2v) is 5.80. The van der Waals surface area contributed by atoms with Crippen molar-refractivity contribution >= 4 is 6.09 Å². The summed E-state index contributed by atoms with van der Waals surface area (Å²) in [6.45, 7) is 8.32. The van der Waals surface area contributed by atoms with E-state index in [1.807, 2.05) is 25.7 Å². The molecule has 17 heavy (non-hydrogen) atoms. The van der Waals surface area contributed by atoms with Gasteiger partial charge in [-0.1, -0.05) is 13.3 Å². The molecule has 0 aromatic heterocycles. The molecular formula is C13H26N2O2. The van der Waals surface area contributed by atoms with Crippen molar-refractivity contribution in [2.45, 2.75) is 71.1 Å². The molecule has 0 aliphatic heterocycles. The second-order valence-electron chi connectivity index (χ2n) is 5.80. The number of nitrogens with two attached hydrogens (primary N) is 1. The SMILES string of the molecule is CCCC(CN)N(C(=O)OC(C)(C)C)C1CC1. The molecule has 2 N–H and O–H groups in total. The summed E-state index contributed by atoms with van der Waals surface area (Å²) in [4.78, 5) is 14.0. The molecule has 4 nitrogen and oxygen atoms in total. The van der Waals surface area contributed by atoms with Gasteiger partial charge in [-0.3, -0.25) is 0 Å². The van der Waals surface area contributed by atoms with Crippen LogP contribution in [0.5, 0.6) is 0 Å². The normalized spacial score (nSPS) is 17.7. The highest BCUT2D eigenvalue weighted by molar-refractivity contribution is 5.69. The Labute approximate surface area is 104 Å². The third-order valence-corrected chi connectivity index (χ3v) is 2.83. The first-order valence-corrected chi connectivity index (χ1v) is 6.60. The van der Waals surface area contributed by atoms with Gasteiger partial charge in [0.1, 0.15) is 5.60 Å². The Morgan fingerprint density at radius 3 is 2.41 bits per heavy atom. The number of amides is 1. The quantitative estimate of drug-likeness (QED) is 0.806. The van der Waals surface area contributed by atoms with Gasteiger partial charge in [0.15, 0.2) is 0 Å². The molecule has 1 aliphatic rings. The first kappa shape index (κ1) is 14.3. The maximum atomic E-state index is 12.2. The van der Waals surface area contributed by atoms with Crippen LogP contribution in [0.15, 0.2) is 0 Å². The molecule has 0 aromatic carbocycles. The summed E-state index contributed by atoms with van der Waals surface area (Å²) >= 11 is 0. The molecule has 1 rings (SSSR count). The molecule has 100 valence electrons. The zero-order valence-corrected chi connectivity index (χ0v) is 11.5. The molecule has 1 unspecified atom stereocenters. The van der Waals surface area contributed by atoms with E-state index in [9.17, 15) is 4.79 Å². The van der Waals surface area contributed by atoms with Gasteiger partial charge in [0, 0.05) is 18.6 Å². The fraction of sp³-hybridized carbons (Fsp3) is 0.923. The maximum Gasteiger partial charge on any atom is 0.410 e. The molecule has 1 aliphatic carbocycles. The van der Waals surface area contributed by atoms with Crippen molar-refractivity contribution in [1.82, 2.24) is 4.90 Å². The van der Waals surface area contributed by atoms with Gasteiger partial charge in [-0.2, -0.15) is 0 Å². The third-order valence-electron chi connectivity index (χ3n) is 2.83. The van der Waals surface area contributed by atoms with E-state index in [-0.39, 0.29) is 12.1 Å². The predicted octanol–water partition coefficient (Wildman–Crippen LogP) is 2.51. The van der Waals surface area contributed by atoms with Gasteiger partial charge in [-0.25, -0.2) is 4.79 Å². The minimum atomic E-state index is -0.435. The lowest BCUT2D eigenvalue weighted by atomic mass is 10.1. The lowest BCUT2D eigenvalue weighted by molar-refractivity contribution is 0.0138. The largest absolute Gasteiger partial charge is 0.444 e. The minimum absolute atomic E-state index is 0.127. The van der Waals surface area contributed by atoms with Gasteiger partial charge in [0.05, 0.1) is 0 Å². The monoisotopic (exact) mass is 242 g/mol. The summed E-state index contributed by atoms with van der Waals surface area (Å²) in [5, 5.41) is 0. The van der Waals surface area contributed by atoms with Gasteiger partial charge in [-0.15, -0.1) is 0 Å². The molecule has 1 atom stereocenters. The number of rotatable bonds is 5. The fourth-order valence-corrected chi connectivity index (χ4v) is 1.97. The number of carbonyl (C=O) groups is 1. The van der Waals surface area contributed by atoms with Crippen molar-refractivity contribution in [2.24, 2.45) is 5.73 Å². The Morgan fingerprint density at radius 1 is 1.47 bits per heavy atom. The molecule has 0 aromatic rings. The Morgan fingerprint density at radius 2 is 2.06 bits per heavy atom. The molecule has 0 radical (unpaired) electrons. The van der Waals surface area contributed by atoms with Crippen molar-refractivity contribution in [2.75, 3.05) is 6.54 Å². The standard InChI is InChI=1S/C13H26N2O2/c1-5-6-11(9-14)15(10-7-8-10)12(16)17-13(2,3)4/h10-11H,5-9,14H2,1-4H3. The average molecular weight is 242 g/mol. The Bertz CT molecular complexity index is 257. The van der Waals surface area contributed by atoms with Gasteiger partial charge < -0.3 is 15.4 Å². The van der Waals surface area contributed by atoms with Crippen LogP contribution in [-0.2, 0) is 4.74 Å². The lowest BCUT2D eigenvalue weighted by Crippen LogP contribution is -2.48. The predicted molar refractivity (Wildman–Crippen MR) is 68.8 cm³/mol. The molecule has 0 bridgehead atoms. The van der Waals surface area contributed by atoms with Crippen molar-refractivity contribution in [3.63, 3.8) is 0 Å². The van der Waals surface area contributed by atoms with Crippen LogP contribution in [0, 0.1) is 0 Å². The van der Waals surface area contributed by atoms with Crippen LogP contribution in [0.2, 0.25) is 0 Å². The molecular weight excluding hydrogens is 216 g/mol. The van der Waals surface area contributed by atoms with Gasteiger partial charge in [0.2, 0.25) is 0 Å². The van der Waals surface area contributed by atoms with E-state index < -0.39 is 5.60 Å². The Kier molecular flexibility index (Phi) is 4.80. The summed E-state index contributed by atoms with van der Waals surface area (Å²) < 4.78 is 5.46. The Balaban J connectivity index is 2.67. The van der Waals surface area contributed by atoms with Crippen LogP contribution in [0.25, 0.3) is 0 Å². The third kappa shape index (κ3) is 4.54. The molecule has 1 saturated carbocycles. The number of hydrogen-bond acceptors (Lipinski definition) is 3. The topological polar surface area (TPSA) is 55.6 Å². The summed E-state index contributed by atoms with van der Waals surface area (Å²) in [7, 11) is 0. The molecule has 1 fully saturated rings. The van der Waals surface area contributed by atoms with E-state index in [0.717, 1.165) is 25.7 Å². The fourth-order valence-electron chi connectivity index (χ4n) is 1.97. The molecule has 4 heteroatoms. The summed E-state index contributed by atoms with van der Waals surface area (Å²) in [6.07, 6.45) is 3.95. The zero-order chi connectivity index (χ0) is 13.1. The molecule has 0 heterocycles. The van der Waals surface area contributed by atoms with Crippen molar-refractivity contribution < 1.29 is 9.53 Å². The number of ether oxygens (including phenoxy) is 1. The zero-order valence-electron chi connectivity index (χ0n) is 11.5. The minimum Gasteiger partial charge on any atom is -0.444 e.